The van der Waals surface area contributed by atoms with E-state index in [1.165, 1.54) is 6.07 Å². The van der Waals surface area contributed by atoms with E-state index < -0.39 is 5.97 Å². The molecule has 0 aliphatic rings. The van der Waals surface area contributed by atoms with Crippen molar-refractivity contribution in [3.8, 4) is 5.75 Å². The molecule has 0 saturated carbocycles. The molecule has 0 aliphatic heterocycles. The Balaban J connectivity index is 1.62. The van der Waals surface area contributed by atoms with Crippen LogP contribution in [0.4, 0.5) is 4.39 Å². The number of para-hydroxylation sites is 2. The van der Waals surface area contributed by atoms with E-state index in [1.807, 2.05) is 48.5 Å². The smallest absolute Gasteiger partial charge is 0.352 e. The zero-order valence-corrected chi connectivity index (χ0v) is 17.8. The number of hydrogen-bond donors (Lipinski definition) is 2. The largest absolute Gasteiger partial charge is 0.496 e. The van der Waals surface area contributed by atoms with Crippen molar-refractivity contribution in [2.24, 2.45) is 0 Å². The minimum absolute atomic E-state index is 0.149. The molecule has 4 aromatic rings. The molecule has 0 unspecified atom stereocenters. The van der Waals surface area contributed by atoms with E-state index in [1.54, 1.807) is 29.9 Å². The van der Waals surface area contributed by atoms with E-state index in [4.69, 9.17) is 4.74 Å². The molecular weight excluding hydrogens is 407 g/mol. The lowest BCUT2D eigenvalue weighted by molar-refractivity contribution is 0.0684. The van der Waals surface area contributed by atoms with Crippen molar-refractivity contribution in [1.82, 2.24) is 9.88 Å². The van der Waals surface area contributed by atoms with Crippen molar-refractivity contribution in [3.63, 3.8) is 0 Å². The molecule has 0 aliphatic carbocycles. The molecule has 164 valence electrons. The number of rotatable bonds is 9. The highest BCUT2D eigenvalue weighted by molar-refractivity contribution is 5.98. The first-order valence-electron chi connectivity index (χ1n) is 10.5. The van der Waals surface area contributed by atoms with Crippen LogP contribution in [0.25, 0.3) is 10.9 Å². The standard InChI is InChI=1S/C26H25FN2O3/c1-32-24-13-7-3-8-18(24)14-15-28-16-21-20-10-4-6-12-23(20)29(25(21)26(30)31)17-19-9-2-5-11-22(19)27/h2-13,28H,14-17H2,1H3,(H,30,31). The molecule has 0 fully saturated rings. The van der Waals surface area contributed by atoms with Crippen molar-refractivity contribution in [2.75, 3.05) is 13.7 Å². The van der Waals surface area contributed by atoms with Gasteiger partial charge >= 0.3 is 5.97 Å². The van der Waals surface area contributed by atoms with Gasteiger partial charge in [-0.25, -0.2) is 9.18 Å². The average molecular weight is 432 g/mol. The molecule has 3 aromatic carbocycles. The third kappa shape index (κ3) is 4.36. The van der Waals surface area contributed by atoms with E-state index in [0.717, 1.165) is 28.6 Å². The molecule has 5 nitrogen and oxygen atoms in total. The van der Waals surface area contributed by atoms with Gasteiger partial charge in [0, 0.05) is 28.6 Å². The Morgan fingerprint density at radius 1 is 1.00 bits per heavy atom. The first-order chi connectivity index (χ1) is 15.6. The molecule has 2 N–H and O–H groups in total. The maximum absolute atomic E-state index is 14.3. The quantitative estimate of drug-likeness (QED) is 0.371. The number of carbonyl (C=O) groups is 1. The third-order valence-electron chi connectivity index (χ3n) is 5.63. The van der Waals surface area contributed by atoms with Crippen LogP contribution in [0.2, 0.25) is 0 Å². The summed E-state index contributed by atoms with van der Waals surface area (Å²) in [5, 5.41) is 14.3. The van der Waals surface area contributed by atoms with E-state index >= 15 is 0 Å². The van der Waals surface area contributed by atoms with Gasteiger partial charge in [-0.05, 0) is 36.7 Å². The lowest BCUT2D eigenvalue weighted by Gasteiger charge is -2.11. The summed E-state index contributed by atoms with van der Waals surface area (Å²) in [5.74, 6) is -0.542. The number of ether oxygens (including phenoxy) is 1. The van der Waals surface area contributed by atoms with E-state index in [9.17, 15) is 14.3 Å². The minimum Gasteiger partial charge on any atom is -0.496 e. The molecular formula is C26H25FN2O3. The Hall–Kier alpha value is -3.64. The van der Waals surface area contributed by atoms with Gasteiger partial charge in [0.25, 0.3) is 0 Å². The summed E-state index contributed by atoms with van der Waals surface area (Å²) < 4.78 is 21.4. The van der Waals surface area contributed by atoms with Crippen LogP contribution >= 0.6 is 0 Å². The normalized spacial score (nSPS) is 11.1. The second-order valence-corrected chi connectivity index (χ2v) is 7.57. The Morgan fingerprint density at radius 3 is 2.44 bits per heavy atom. The number of hydrogen-bond acceptors (Lipinski definition) is 3. The average Bonchev–Trinajstić information content (AvgIpc) is 3.12. The van der Waals surface area contributed by atoms with Gasteiger partial charge in [0.15, 0.2) is 0 Å². The van der Waals surface area contributed by atoms with Crippen molar-refractivity contribution in [3.05, 3.63) is 101 Å². The van der Waals surface area contributed by atoms with Crippen LogP contribution in [-0.4, -0.2) is 29.3 Å². The summed E-state index contributed by atoms with van der Waals surface area (Å²) in [6.07, 6.45) is 0.750. The number of carboxylic acids is 1. The molecule has 0 amide bonds. The zero-order chi connectivity index (χ0) is 22.5. The Morgan fingerprint density at radius 2 is 1.69 bits per heavy atom. The maximum Gasteiger partial charge on any atom is 0.352 e. The fraction of sp³-hybridized carbons (Fsp3) is 0.192. The molecule has 1 heterocycles. The number of nitrogens with zero attached hydrogens (tertiary/aromatic N) is 1. The second-order valence-electron chi connectivity index (χ2n) is 7.57. The van der Waals surface area contributed by atoms with E-state index in [0.29, 0.717) is 24.2 Å². The molecule has 1 aromatic heterocycles. The first-order valence-corrected chi connectivity index (χ1v) is 10.5. The van der Waals surface area contributed by atoms with E-state index in [2.05, 4.69) is 5.32 Å². The van der Waals surface area contributed by atoms with Crippen molar-refractivity contribution in [1.29, 1.82) is 0 Å². The monoisotopic (exact) mass is 432 g/mol. The van der Waals surface area contributed by atoms with Gasteiger partial charge in [0.2, 0.25) is 0 Å². The lowest BCUT2D eigenvalue weighted by atomic mass is 10.1. The van der Waals surface area contributed by atoms with Gasteiger partial charge in [0.05, 0.1) is 13.7 Å². The summed E-state index contributed by atoms with van der Waals surface area (Å²) in [4.78, 5) is 12.3. The molecule has 0 saturated heterocycles. The molecule has 0 spiro atoms. The molecule has 32 heavy (non-hydrogen) atoms. The number of aromatic nitrogens is 1. The van der Waals surface area contributed by atoms with Gasteiger partial charge in [-0.3, -0.25) is 0 Å². The Labute approximate surface area is 186 Å². The number of fused-ring (bicyclic) bond motifs is 1. The first kappa shape index (κ1) is 21.6. The number of aromatic carboxylic acids is 1. The van der Waals surface area contributed by atoms with Crippen LogP contribution in [0.15, 0.2) is 72.8 Å². The summed E-state index contributed by atoms with van der Waals surface area (Å²) in [6, 6.07) is 21.8. The zero-order valence-electron chi connectivity index (χ0n) is 17.8. The Bertz CT molecular complexity index is 1250. The molecule has 4 rings (SSSR count). The maximum atomic E-state index is 14.3. The number of nitrogens with one attached hydrogen (secondary N) is 1. The topological polar surface area (TPSA) is 63.5 Å². The summed E-state index contributed by atoms with van der Waals surface area (Å²) in [7, 11) is 1.65. The highest BCUT2D eigenvalue weighted by Crippen LogP contribution is 2.28. The highest BCUT2D eigenvalue weighted by atomic mass is 19.1. The summed E-state index contributed by atoms with van der Waals surface area (Å²) >= 11 is 0. The summed E-state index contributed by atoms with van der Waals surface area (Å²) in [6.45, 7) is 1.20. The van der Waals surface area contributed by atoms with Gasteiger partial charge in [-0.2, -0.15) is 0 Å². The predicted octanol–water partition coefficient (Wildman–Crippen LogP) is 4.87. The number of carboxylic acid groups (broad SMARTS) is 1. The van der Waals surface area contributed by atoms with Crippen molar-refractivity contribution < 1.29 is 19.0 Å². The number of halogens is 1. The van der Waals surface area contributed by atoms with Gasteiger partial charge < -0.3 is 19.7 Å². The van der Waals surface area contributed by atoms with Crippen LogP contribution in [-0.2, 0) is 19.5 Å². The summed E-state index contributed by atoms with van der Waals surface area (Å²) in [5.41, 5.74) is 3.19. The fourth-order valence-corrected chi connectivity index (χ4v) is 4.11. The lowest BCUT2D eigenvalue weighted by Crippen LogP contribution is -2.20. The van der Waals surface area contributed by atoms with Crippen LogP contribution in [0.5, 0.6) is 5.75 Å². The van der Waals surface area contributed by atoms with Gasteiger partial charge in [-0.1, -0.05) is 54.6 Å². The van der Waals surface area contributed by atoms with Crippen molar-refractivity contribution >= 4 is 16.9 Å². The molecule has 6 heteroatoms. The highest BCUT2D eigenvalue weighted by Gasteiger charge is 2.22. The SMILES string of the molecule is COc1ccccc1CCNCc1c(C(=O)O)n(Cc2ccccc2F)c2ccccc12. The second kappa shape index (κ2) is 9.66. The van der Waals surface area contributed by atoms with Crippen LogP contribution < -0.4 is 10.1 Å². The molecule has 0 radical (unpaired) electrons. The fourth-order valence-electron chi connectivity index (χ4n) is 4.11. The van der Waals surface area contributed by atoms with Crippen LogP contribution in [0, 0.1) is 5.82 Å². The Kier molecular flexibility index (Phi) is 6.52. The number of benzene rings is 3. The third-order valence-corrected chi connectivity index (χ3v) is 5.63. The number of methoxy groups -OCH3 is 1. The van der Waals surface area contributed by atoms with Crippen molar-refractivity contribution in [2.45, 2.75) is 19.5 Å². The van der Waals surface area contributed by atoms with Gasteiger partial charge in [-0.15, -0.1) is 0 Å². The van der Waals surface area contributed by atoms with Crippen LogP contribution in [0.3, 0.4) is 0 Å². The predicted molar refractivity (Wildman–Crippen MR) is 123 cm³/mol. The van der Waals surface area contributed by atoms with E-state index in [-0.39, 0.29) is 18.1 Å². The minimum atomic E-state index is -1.03. The molecule has 0 atom stereocenters. The van der Waals surface area contributed by atoms with Crippen LogP contribution in [0.1, 0.15) is 27.2 Å². The van der Waals surface area contributed by atoms with Gasteiger partial charge in [0.1, 0.15) is 17.3 Å². The molecule has 0 bridgehead atoms.